The first-order chi connectivity index (χ1) is 10.7. The largest absolute Gasteiger partial charge is 0.394 e. The third-order valence-corrected chi connectivity index (χ3v) is 4.53. The van der Waals surface area contributed by atoms with Crippen molar-refractivity contribution >= 4 is 17.3 Å². The topological polar surface area (TPSA) is 35.5 Å². The number of aliphatic hydroxyl groups is 1. The molecule has 0 saturated carbocycles. The molecule has 0 bridgehead atoms. The molecule has 1 heterocycles. The summed E-state index contributed by atoms with van der Waals surface area (Å²) in [6.07, 6.45) is 1.11. The van der Waals surface area contributed by atoms with E-state index in [1.807, 2.05) is 24.3 Å². The fraction of sp³-hybridized carbons (Fsp3) is 0.333. The molecule has 0 spiro atoms. The molecule has 1 aliphatic heterocycles. The van der Waals surface area contributed by atoms with E-state index >= 15 is 0 Å². The summed E-state index contributed by atoms with van der Waals surface area (Å²) in [6.45, 7) is 1.90. The molecule has 0 amide bonds. The van der Waals surface area contributed by atoms with Gasteiger partial charge in [-0.1, -0.05) is 35.9 Å². The van der Waals surface area contributed by atoms with Crippen LogP contribution in [0.15, 0.2) is 42.5 Å². The van der Waals surface area contributed by atoms with Crippen LogP contribution in [0.4, 0.5) is 5.69 Å². The summed E-state index contributed by atoms with van der Waals surface area (Å²) in [7, 11) is 2.13. The Morgan fingerprint density at radius 2 is 2.00 bits per heavy atom. The fourth-order valence-electron chi connectivity index (χ4n) is 2.95. The second-order valence-electron chi connectivity index (χ2n) is 5.80. The van der Waals surface area contributed by atoms with Crippen LogP contribution in [-0.4, -0.2) is 25.3 Å². The molecule has 2 N–H and O–H groups in total. The highest BCUT2D eigenvalue weighted by molar-refractivity contribution is 6.30. The van der Waals surface area contributed by atoms with E-state index in [9.17, 15) is 5.11 Å². The maximum Gasteiger partial charge on any atom is 0.0626 e. The Morgan fingerprint density at radius 1 is 1.23 bits per heavy atom. The Labute approximate surface area is 136 Å². The number of nitrogens with one attached hydrogen (secondary N) is 1. The summed E-state index contributed by atoms with van der Waals surface area (Å²) < 4.78 is 0. The number of rotatable bonds is 5. The Hall–Kier alpha value is -1.55. The van der Waals surface area contributed by atoms with Gasteiger partial charge in [0.1, 0.15) is 0 Å². The molecule has 0 radical (unpaired) electrons. The minimum atomic E-state index is -0.0757. The van der Waals surface area contributed by atoms with E-state index < -0.39 is 0 Å². The van der Waals surface area contributed by atoms with Crippen molar-refractivity contribution in [1.82, 2.24) is 5.32 Å². The summed E-state index contributed by atoms with van der Waals surface area (Å²) in [6, 6.07) is 14.1. The molecule has 3 nitrogen and oxygen atoms in total. The lowest BCUT2D eigenvalue weighted by atomic mass is 10.1. The van der Waals surface area contributed by atoms with E-state index in [-0.39, 0.29) is 12.6 Å². The third kappa shape index (κ3) is 3.27. The predicted molar refractivity (Wildman–Crippen MR) is 91.5 cm³/mol. The van der Waals surface area contributed by atoms with Gasteiger partial charge < -0.3 is 15.3 Å². The number of likely N-dealkylation sites (N-methyl/N-ethyl adjacent to an activating group) is 1. The minimum absolute atomic E-state index is 0.0648. The molecule has 2 aromatic rings. The van der Waals surface area contributed by atoms with Crippen molar-refractivity contribution in [2.75, 3.05) is 25.1 Å². The summed E-state index contributed by atoms with van der Waals surface area (Å²) in [5.41, 5.74) is 5.04. The lowest BCUT2D eigenvalue weighted by Crippen LogP contribution is -2.24. The highest BCUT2D eigenvalue weighted by atomic mass is 35.5. The molecule has 0 aliphatic carbocycles. The predicted octanol–water partition coefficient (Wildman–Crippen LogP) is 3.16. The van der Waals surface area contributed by atoms with Gasteiger partial charge in [0.2, 0.25) is 0 Å². The minimum Gasteiger partial charge on any atom is -0.394 e. The normalized spacial score (nSPS) is 15.0. The number of nitrogens with zero attached hydrogens (tertiary/aromatic N) is 1. The molecular weight excluding hydrogens is 296 g/mol. The average Bonchev–Trinajstić information content (AvgIpc) is 2.90. The molecule has 0 fully saturated rings. The van der Waals surface area contributed by atoms with Gasteiger partial charge in [-0.05, 0) is 41.3 Å². The monoisotopic (exact) mass is 316 g/mol. The first-order valence-corrected chi connectivity index (χ1v) is 7.98. The van der Waals surface area contributed by atoms with Gasteiger partial charge in [-0.2, -0.15) is 0 Å². The molecular formula is C18H21ClN2O. The fourth-order valence-corrected chi connectivity index (χ4v) is 3.08. The Morgan fingerprint density at radius 3 is 2.73 bits per heavy atom. The third-order valence-electron chi connectivity index (χ3n) is 4.28. The van der Waals surface area contributed by atoms with Crippen LogP contribution in [0.3, 0.4) is 0 Å². The van der Waals surface area contributed by atoms with Crippen molar-refractivity contribution in [3.63, 3.8) is 0 Å². The number of hydrogen-bond donors (Lipinski definition) is 2. The van der Waals surface area contributed by atoms with Gasteiger partial charge in [-0.15, -0.1) is 0 Å². The van der Waals surface area contributed by atoms with Crippen molar-refractivity contribution in [2.24, 2.45) is 0 Å². The summed E-state index contributed by atoms with van der Waals surface area (Å²) in [5.74, 6) is 0. The molecule has 0 aromatic heterocycles. The van der Waals surface area contributed by atoms with Crippen molar-refractivity contribution in [2.45, 2.75) is 19.0 Å². The summed E-state index contributed by atoms with van der Waals surface area (Å²) in [5, 5.41) is 13.7. The van der Waals surface area contributed by atoms with Crippen LogP contribution in [0, 0.1) is 0 Å². The number of halogens is 1. The quantitative estimate of drug-likeness (QED) is 0.889. The van der Waals surface area contributed by atoms with Crippen LogP contribution < -0.4 is 10.2 Å². The van der Waals surface area contributed by atoms with Gasteiger partial charge in [0.25, 0.3) is 0 Å². The van der Waals surface area contributed by atoms with Gasteiger partial charge >= 0.3 is 0 Å². The first-order valence-electron chi connectivity index (χ1n) is 7.60. The smallest absolute Gasteiger partial charge is 0.0626 e. The lowest BCUT2D eigenvalue weighted by Gasteiger charge is -2.18. The highest BCUT2D eigenvalue weighted by Crippen LogP contribution is 2.27. The van der Waals surface area contributed by atoms with E-state index in [4.69, 9.17) is 11.6 Å². The number of aliphatic hydroxyl groups excluding tert-OH is 1. The molecule has 1 aliphatic rings. The van der Waals surface area contributed by atoms with E-state index in [2.05, 4.69) is 35.5 Å². The maximum absolute atomic E-state index is 9.61. The standard InChI is InChI=1S/C18H21ClN2O/c1-21-9-8-15-10-13(2-7-18(15)21)11-20-17(12-22)14-3-5-16(19)6-4-14/h2-7,10,17,20,22H,8-9,11-12H2,1H3. The molecule has 2 aromatic carbocycles. The van der Waals surface area contributed by atoms with Crippen molar-refractivity contribution < 1.29 is 5.11 Å². The van der Waals surface area contributed by atoms with Crippen LogP contribution in [0.25, 0.3) is 0 Å². The Kier molecular flexibility index (Phi) is 4.67. The van der Waals surface area contributed by atoms with Crippen molar-refractivity contribution in [3.8, 4) is 0 Å². The molecule has 1 atom stereocenters. The molecule has 22 heavy (non-hydrogen) atoms. The maximum atomic E-state index is 9.61. The first kappa shape index (κ1) is 15.3. The van der Waals surface area contributed by atoms with Crippen molar-refractivity contribution in [3.05, 3.63) is 64.2 Å². The van der Waals surface area contributed by atoms with E-state index in [0.29, 0.717) is 5.02 Å². The summed E-state index contributed by atoms with van der Waals surface area (Å²) >= 11 is 5.91. The van der Waals surface area contributed by atoms with E-state index in [0.717, 1.165) is 25.1 Å². The zero-order chi connectivity index (χ0) is 15.5. The van der Waals surface area contributed by atoms with Gasteiger partial charge in [-0.3, -0.25) is 0 Å². The average molecular weight is 317 g/mol. The SMILES string of the molecule is CN1CCc2cc(CNC(CO)c3ccc(Cl)cc3)ccc21. The van der Waals surface area contributed by atoms with Gasteiger partial charge in [0.05, 0.1) is 12.6 Å². The van der Waals surface area contributed by atoms with Crippen LogP contribution in [0.5, 0.6) is 0 Å². The Balaban J connectivity index is 1.67. The lowest BCUT2D eigenvalue weighted by molar-refractivity contribution is 0.243. The van der Waals surface area contributed by atoms with Crippen LogP contribution in [-0.2, 0) is 13.0 Å². The van der Waals surface area contributed by atoms with Crippen molar-refractivity contribution in [1.29, 1.82) is 0 Å². The zero-order valence-electron chi connectivity index (χ0n) is 12.7. The highest BCUT2D eigenvalue weighted by Gasteiger charge is 2.16. The van der Waals surface area contributed by atoms with Crippen LogP contribution in [0.1, 0.15) is 22.7 Å². The van der Waals surface area contributed by atoms with Gasteiger partial charge in [0.15, 0.2) is 0 Å². The second-order valence-corrected chi connectivity index (χ2v) is 6.24. The van der Waals surface area contributed by atoms with Crippen LogP contribution >= 0.6 is 11.6 Å². The molecule has 3 rings (SSSR count). The Bertz CT molecular complexity index is 642. The summed E-state index contributed by atoms with van der Waals surface area (Å²) in [4.78, 5) is 2.29. The number of benzene rings is 2. The van der Waals surface area contributed by atoms with Gasteiger partial charge in [0, 0.05) is 30.8 Å². The molecule has 116 valence electrons. The van der Waals surface area contributed by atoms with Crippen LogP contribution in [0.2, 0.25) is 5.02 Å². The molecule has 1 unspecified atom stereocenters. The van der Waals surface area contributed by atoms with Gasteiger partial charge in [-0.25, -0.2) is 0 Å². The molecule has 4 heteroatoms. The number of anilines is 1. The zero-order valence-corrected chi connectivity index (χ0v) is 13.5. The second kappa shape index (κ2) is 6.69. The van der Waals surface area contributed by atoms with E-state index in [1.165, 1.54) is 16.8 Å². The molecule has 0 saturated heterocycles. The number of fused-ring (bicyclic) bond motifs is 1. The van der Waals surface area contributed by atoms with E-state index in [1.54, 1.807) is 0 Å². The number of hydrogen-bond acceptors (Lipinski definition) is 3.